The molecule has 0 unspecified atom stereocenters. The Bertz CT molecular complexity index is 470. The molecule has 0 aliphatic heterocycles. The normalized spacial score (nSPS) is 12.8. The van der Waals surface area contributed by atoms with E-state index in [-0.39, 0.29) is 4.21 Å². The van der Waals surface area contributed by atoms with Crippen LogP contribution < -0.4 is 10.5 Å². The van der Waals surface area contributed by atoms with Crippen molar-refractivity contribution in [3.05, 3.63) is 11.4 Å². The largest absolute Gasteiger partial charge is 0.398 e. The third-order valence-corrected chi connectivity index (χ3v) is 5.96. The summed E-state index contributed by atoms with van der Waals surface area (Å²) in [7, 11) is -3.41. The van der Waals surface area contributed by atoms with Gasteiger partial charge >= 0.3 is 0 Å². The predicted molar refractivity (Wildman–Crippen MR) is 77.1 cm³/mol. The molecule has 1 aromatic heterocycles. The maximum Gasteiger partial charge on any atom is 0.250 e. The lowest BCUT2D eigenvalue weighted by Crippen LogP contribution is -2.33. The van der Waals surface area contributed by atoms with Gasteiger partial charge in [0.05, 0.1) is 0 Å². The van der Waals surface area contributed by atoms with E-state index in [0.717, 1.165) is 11.3 Å². The predicted octanol–water partition coefficient (Wildman–Crippen LogP) is 2.54. The number of hydrogen-bond acceptors (Lipinski definition) is 4. The molecule has 0 spiro atoms. The molecule has 18 heavy (non-hydrogen) atoms. The van der Waals surface area contributed by atoms with Gasteiger partial charge < -0.3 is 5.73 Å². The van der Waals surface area contributed by atoms with Gasteiger partial charge in [-0.2, -0.15) is 0 Å². The Morgan fingerprint density at radius 3 is 2.22 bits per heavy atom. The van der Waals surface area contributed by atoms with Crippen molar-refractivity contribution in [2.75, 3.05) is 12.3 Å². The van der Waals surface area contributed by atoms with Crippen molar-refractivity contribution >= 4 is 27.0 Å². The zero-order valence-electron chi connectivity index (χ0n) is 11.3. The van der Waals surface area contributed by atoms with E-state index in [4.69, 9.17) is 5.73 Å². The molecule has 0 saturated heterocycles. The Morgan fingerprint density at radius 2 is 1.83 bits per heavy atom. The fraction of sp³-hybridized carbons (Fsp3) is 0.667. The van der Waals surface area contributed by atoms with Crippen LogP contribution in [-0.4, -0.2) is 15.0 Å². The number of nitrogens with one attached hydrogen (secondary N) is 1. The summed E-state index contributed by atoms with van der Waals surface area (Å²) < 4.78 is 27.0. The number of anilines is 1. The standard InChI is InChI=1S/C12H22N2O2S2/c1-8(2)11(9(3)4)6-14-18(15,16)12-5-10(13)7-17-12/h5,7-9,11,14H,6,13H2,1-4H3. The topological polar surface area (TPSA) is 72.2 Å². The Labute approximate surface area is 114 Å². The molecule has 4 nitrogen and oxygen atoms in total. The number of nitrogen functional groups attached to an aromatic ring is 1. The highest BCUT2D eigenvalue weighted by molar-refractivity contribution is 7.91. The maximum absolute atomic E-state index is 12.0. The quantitative estimate of drug-likeness (QED) is 0.845. The fourth-order valence-corrected chi connectivity index (χ4v) is 4.19. The van der Waals surface area contributed by atoms with Gasteiger partial charge in [0.2, 0.25) is 10.0 Å². The summed E-state index contributed by atoms with van der Waals surface area (Å²) in [6.45, 7) is 8.92. The number of hydrogen-bond donors (Lipinski definition) is 2. The van der Waals surface area contributed by atoms with E-state index in [1.807, 2.05) is 0 Å². The highest BCUT2D eigenvalue weighted by Gasteiger charge is 2.22. The smallest absolute Gasteiger partial charge is 0.250 e. The summed E-state index contributed by atoms with van der Waals surface area (Å²) in [5.41, 5.74) is 6.04. The SMILES string of the molecule is CC(C)C(CNS(=O)(=O)c1cc(N)cs1)C(C)C. The van der Waals surface area contributed by atoms with Crippen LogP contribution in [0.25, 0.3) is 0 Å². The Morgan fingerprint density at radius 1 is 1.28 bits per heavy atom. The zero-order valence-corrected chi connectivity index (χ0v) is 12.9. The van der Waals surface area contributed by atoms with Crippen LogP contribution >= 0.6 is 11.3 Å². The molecule has 0 aliphatic carbocycles. The van der Waals surface area contributed by atoms with Crippen molar-refractivity contribution in [2.24, 2.45) is 17.8 Å². The van der Waals surface area contributed by atoms with Crippen molar-refractivity contribution in [1.82, 2.24) is 4.72 Å². The lowest BCUT2D eigenvalue weighted by molar-refractivity contribution is 0.289. The number of thiophene rings is 1. The van der Waals surface area contributed by atoms with Crippen molar-refractivity contribution in [2.45, 2.75) is 31.9 Å². The molecule has 1 aromatic rings. The fourth-order valence-electron chi connectivity index (χ4n) is 1.99. The second-order valence-electron chi connectivity index (χ2n) is 5.20. The monoisotopic (exact) mass is 290 g/mol. The summed E-state index contributed by atoms with van der Waals surface area (Å²) in [6.07, 6.45) is 0. The maximum atomic E-state index is 12.0. The van der Waals surface area contributed by atoms with Gasteiger partial charge in [-0.15, -0.1) is 11.3 Å². The summed E-state index contributed by atoms with van der Waals surface area (Å²) in [6, 6.07) is 1.49. The van der Waals surface area contributed by atoms with Crippen molar-refractivity contribution < 1.29 is 8.42 Å². The molecule has 0 fully saturated rings. The first-order chi connectivity index (χ1) is 8.24. The average Bonchev–Trinajstić information content (AvgIpc) is 2.64. The lowest BCUT2D eigenvalue weighted by Gasteiger charge is -2.24. The Kier molecular flexibility index (Phi) is 5.19. The van der Waals surface area contributed by atoms with Crippen molar-refractivity contribution in [3.63, 3.8) is 0 Å². The molecule has 0 radical (unpaired) electrons. The van der Waals surface area contributed by atoms with Crippen molar-refractivity contribution in [1.29, 1.82) is 0 Å². The first-order valence-corrected chi connectivity index (χ1v) is 8.44. The van der Waals surface area contributed by atoms with Crippen LogP contribution in [0.15, 0.2) is 15.7 Å². The van der Waals surface area contributed by atoms with E-state index >= 15 is 0 Å². The molecule has 1 rings (SSSR count). The molecule has 1 heterocycles. The number of sulfonamides is 1. The summed E-state index contributed by atoms with van der Waals surface area (Å²) in [5, 5.41) is 1.64. The van der Waals surface area contributed by atoms with Gasteiger partial charge in [0.1, 0.15) is 4.21 Å². The highest BCUT2D eigenvalue weighted by Crippen LogP contribution is 2.23. The van der Waals surface area contributed by atoms with Crippen LogP contribution in [0, 0.1) is 17.8 Å². The van der Waals surface area contributed by atoms with Crippen LogP contribution in [0.3, 0.4) is 0 Å². The van der Waals surface area contributed by atoms with Gasteiger partial charge in [-0.3, -0.25) is 0 Å². The molecule has 3 N–H and O–H groups in total. The minimum absolute atomic E-state index is 0.284. The van der Waals surface area contributed by atoms with Gasteiger partial charge in [0.15, 0.2) is 0 Å². The Balaban J connectivity index is 2.73. The molecular weight excluding hydrogens is 268 g/mol. The molecule has 0 saturated carbocycles. The third-order valence-electron chi connectivity index (χ3n) is 3.08. The van der Waals surface area contributed by atoms with Gasteiger partial charge in [-0.05, 0) is 23.8 Å². The summed E-state index contributed by atoms with van der Waals surface area (Å²) in [5.74, 6) is 1.22. The van der Waals surface area contributed by atoms with Gasteiger partial charge in [0.25, 0.3) is 0 Å². The van der Waals surface area contributed by atoms with E-state index in [1.165, 1.54) is 6.07 Å². The van der Waals surface area contributed by atoms with Crippen LogP contribution in [0.1, 0.15) is 27.7 Å². The van der Waals surface area contributed by atoms with E-state index in [1.54, 1.807) is 5.38 Å². The van der Waals surface area contributed by atoms with Crippen LogP contribution in [-0.2, 0) is 10.0 Å². The van der Waals surface area contributed by atoms with Crippen LogP contribution in [0.2, 0.25) is 0 Å². The first-order valence-electron chi connectivity index (χ1n) is 6.07. The second kappa shape index (κ2) is 6.04. The number of rotatable bonds is 6. The average molecular weight is 290 g/mol. The molecule has 0 atom stereocenters. The van der Waals surface area contributed by atoms with E-state index in [2.05, 4.69) is 32.4 Å². The second-order valence-corrected chi connectivity index (χ2v) is 8.11. The van der Waals surface area contributed by atoms with Crippen molar-refractivity contribution in [3.8, 4) is 0 Å². The molecule has 0 aromatic carbocycles. The van der Waals surface area contributed by atoms with Gasteiger partial charge in [-0.25, -0.2) is 13.1 Å². The minimum Gasteiger partial charge on any atom is -0.398 e. The van der Waals surface area contributed by atoms with E-state index in [9.17, 15) is 8.42 Å². The Hall–Kier alpha value is -0.590. The van der Waals surface area contributed by atoms with Crippen LogP contribution in [0.4, 0.5) is 5.69 Å². The van der Waals surface area contributed by atoms with Crippen LogP contribution in [0.5, 0.6) is 0 Å². The molecular formula is C12H22N2O2S2. The summed E-state index contributed by atoms with van der Waals surface area (Å²) in [4.78, 5) is 0. The van der Waals surface area contributed by atoms with E-state index in [0.29, 0.717) is 30.0 Å². The molecule has 0 bridgehead atoms. The highest BCUT2D eigenvalue weighted by atomic mass is 32.2. The van der Waals surface area contributed by atoms with Gasteiger partial charge in [-0.1, -0.05) is 27.7 Å². The van der Waals surface area contributed by atoms with E-state index < -0.39 is 10.0 Å². The molecule has 0 aliphatic rings. The first kappa shape index (κ1) is 15.5. The molecule has 104 valence electrons. The number of nitrogens with two attached hydrogens (primary N) is 1. The molecule has 0 amide bonds. The minimum atomic E-state index is -3.41. The summed E-state index contributed by atoms with van der Waals surface area (Å²) >= 11 is 1.15. The van der Waals surface area contributed by atoms with Gasteiger partial charge in [0, 0.05) is 17.6 Å². The zero-order chi connectivity index (χ0) is 13.9. The molecule has 6 heteroatoms. The lowest BCUT2D eigenvalue weighted by atomic mass is 9.86. The third kappa shape index (κ3) is 3.96.